The van der Waals surface area contributed by atoms with Crippen molar-refractivity contribution >= 4 is 22.6 Å². The van der Waals surface area contributed by atoms with Gasteiger partial charge >= 0.3 is 0 Å². The summed E-state index contributed by atoms with van der Waals surface area (Å²) in [6, 6.07) is 12.0. The number of aromatic nitrogens is 3. The van der Waals surface area contributed by atoms with Gasteiger partial charge in [0.2, 0.25) is 0 Å². The van der Waals surface area contributed by atoms with E-state index in [9.17, 15) is 0 Å². The molecular formula is C15H10IN3. The number of hydrogen-bond acceptors (Lipinski definition) is 3. The normalized spacial score (nSPS) is 10.4. The van der Waals surface area contributed by atoms with E-state index in [1.54, 1.807) is 24.8 Å². The maximum absolute atomic E-state index is 4.71. The van der Waals surface area contributed by atoms with Crippen LogP contribution >= 0.6 is 22.6 Å². The monoisotopic (exact) mass is 359 g/mol. The van der Waals surface area contributed by atoms with Gasteiger partial charge in [0.05, 0.1) is 11.4 Å². The zero-order valence-corrected chi connectivity index (χ0v) is 12.2. The summed E-state index contributed by atoms with van der Waals surface area (Å²) in [5, 5.41) is 0. The predicted octanol–water partition coefficient (Wildman–Crippen LogP) is 3.81. The van der Waals surface area contributed by atoms with E-state index in [1.165, 1.54) is 0 Å². The number of rotatable bonds is 2. The van der Waals surface area contributed by atoms with E-state index in [1.807, 2.05) is 24.3 Å². The summed E-state index contributed by atoms with van der Waals surface area (Å²) < 4.78 is 1.16. The zero-order valence-electron chi connectivity index (χ0n) is 9.99. The Balaban J connectivity index is 2.12. The highest BCUT2D eigenvalue weighted by atomic mass is 127. The van der Waals surface area contributed by atoms with Crippen LogP contribution in [0.3, 0.4) is 0 Å². The van der Waals surface area contributed by atoms with Crippen LogP contribution in [-0.4, -0.2) is 15.0 Å². The molecule has 4 heteroatoms. The quantitative estimate of drug-likeness (QED) is 0.654. The summed E-state index contributed by atoms with van der Waals surface area (Å²) in [4.78, 5) is 12.8. The minimum atomic E-state index is 0.959. The number of pyridine rings is 3. The SMILES string of the molecule is Ic1cc(-c2ccncc2)nc(-c2ccncc2)c1. The zero-order chi connectivity index (χ0) is 13.1. The third-order valence-electron chi connectivity index (χ3n) is 2.74. The van der Waals surface area contributed by atoms with Gasteiger partial charge in [-0.05, 0) is 59.0 Å². The van der Waals surface area contributed by atoms with Crippen LogP contribution in [0.15, 0.2) is 61.2 Å². The van der Waals surface area contributed by atoms with Gasteiger partial charge in [0.1, 0.15) is 0 Å². The molecule has 0 radical (unpaired) electrons. The van der Waals surface area contributed by atoms with E-state index in [2.05, 4.69) is 44.7 Å². The van der Waals surface area contributed by atoms with Crippen molar-refractivity contribution in [3.8, 4) is 22.5 Å². The summed E-state index contributed by atoms with van der Waals surface area (Å²) >= 11 is 2.31. The van der Waals surface area contributed by atoms with Gasteiger partial charge in [-0.2, -0.15) is 0 Å². The lowest BCUT2D eigenvalue weighted by Gasteiger charge is -2.06. The molecule has 92 valence electrons. The van der Waals surface area contributed by atoms with Crippen molar-refractivity contribution < 1.29 is 0 Å². The van der Waals surface area contributed by atoms with Gasteiger partial charge in [-0.1, -0.05) is 0 Å². The van der Waals surface area contributed by atoms with Crippen LogP contribution in [0.25, 0.3) is 22.5 Å². The number of halogens is 1. The lowest BCUT2D eigenvalue weighted by Crippen LogP contribution is -1.90. The van der Waals surface area contributed by atoms with Crippen LogP contribution < -0.4 is 0 Å². The average Bonchev–Trinajstić information content (AvgIpc) is 2.48. The number of nitrogens with zero attached hydrogens (tertiary/aromatic N) is 3. The van der Waals surface area contributed by atoms with Crippen LogP contribution in [0.1, 0.15) is 0 Å². The molecule has 0 aliphatic rings. The Morgan fingerprint density at radius 1 is 0.684 bits per heavy atom. The lowest BCUT2D eigenvalue weighted by atomic mass is 10.1. The predicted molar refractivity (Wildman–Crippen MR) is 83.4 cm³/mol. The maximum Gasteiger partial charge on any atom is 0.0721 e. The minimum Gasteiger partial charge on any atom is -0.265 e. The Morgan fingerprint density at radius 3 is 1.53 bits per heavy atom. The summed E-state index contributed by atoms with van der Waals surface area (Å²) in [6.45, 7) is 0. The van der Waals surface area contributed by atoms with Crippen LogP contribution in [0.5, 0.6) is 0 Å². The van der Waals surface area contributed by atoms with E-state index in [-0.39, 0.29) is 0 Å². The molecule has 0 amide bonds. The first-order chi connectivity index (χ1) is 9.33. The fraction of sp³-hybridized carbons (Fsp3) is 0. The molecule has 3 aromatic rings. The molecular weight excluding hydrogens is 349 g/mol. The molecule has 3 nitrogen and oxygen atoms in total. The first-order valence-corrected chi connectivity index (χ1v) is 6.89. The van der Waals surface area contributed by atoms with Gasteiger partial charge < -0.3 is 0 Å². The molecule has 3 rings (SSSR count). The van der Waals surface area contributed by atoms with Crippen molar-refractivity contribution in [2.24, 2.45) is 0 Å². The molecule has 0 atom stereocenters. The van der Waals surface area contributed by atoms with E-state index in [0.717, 1.165) is 26.1 Å². The van der Waals surface area contributed by atoms with Crippen LogP contribution in [0, 0.1) is 3.57 Å². The fourth-order valence-corrected chi connectivity index (χ4v) is 2.43. The van der Waals surface area contributed by atoms with Crippen LogP contribution in [0.2, 0.25) is 0 Å². The van der Waals surface area contributed by atoms with Gasteiger partial charge in [0.25, 0.3) is 0 Å². The molecule has 19 heavy (non-hydrogen) atoms. The molecule has 0 saturated carbocycles. The Labute approximate surface area is 124 Å². The van der Waals surface area contributed by atoms with Crippen LogP contribution in [0.4, 0.5) is 0 Å². The summed E-state index contributed by atoms with van der Waals surface area (Å²) in [5.74, 6) is 0. The van der Waals surface area contributed by atoms with Gasteiger partial charge in [0, 0.05) is 39.5 Å². The average molecular weight is 359 g/mol. The van der Waals surface area contributed by atoms with Crippen molar-refractivity contribution in [3.63, 3.8) is 0 Å². The molecule has 0 spiro atoms. The van der Waals surface area contributed by atoms with E-state index >= 15 is 0 Å². The van der Waals surface area contributed by atoms with Crippen molar-refractivity contribution in [1.29, 1.82) is 0 Å². The molecule has 0 unspecified atom stereocenters. The lowest BCUT2D eigenvalue weighted by molar-refractivity contribution is 1.27. The molecule has 3 heterocycles. The molecule has 0 saturated heterocycles. The summed E-state index contributed by atoms with van der Waals surface area (Å²) in [6.07, 6.45) is 7.12. The molecule has 0 bridgehead atoms. The summed E-state index contributed by atoms with van der Waals surface area (Å²) in [5.41, 5.74) is 4.06. The van der Waals surface area contributed by atoms with Crippen molar-refractivity contribution in [3.05, 3.63) is 64.8 Å². The van der Waals surface area contributed by atoms with Gasteiger partial charge in [-0.25, -0.2) is 4.98 Å². The Kier molecular flexibility index (Phi) is 3.50. The standard InChI is InChI=1S/C15H10IN3/c16-13-9-14(11-1-5-17-6-2-11)19-15(10-13)12-3-7-18-8-4-12/h1-10H. The van der Waals surface area contributed by atoms with Crippen molar-refractivity contribution in [2.45, 2.75) is 0 Å². The second-order valence-corrected chi connectivity index (χ2v) is 5.27. The molecule has 0 N–H and O–H groups in total. The second-order valence-electron chi connectivity index (χ2n) is 4.03. The van der Waals surface area contributed by atoms with Gasteiger partial charge in [-0.15, -0.1) is 0 Å². The van der Waals surface area contributed by atoms with Gasteiger partial charge in [-0.3, -0.25) is 9.97 Å². The highest BCUT2D eigenvalue weighted by molar-refractivity contribution is 14.1. The molecule has 3 aromatic heterocycles. The maximum atomic E-state index is 4.71. The topological polar surface area (TPSA) is 38.7 Å². The highest BCUT2D eigenvalue weighted by Gasteiger charge is 2.05. The Hall–Kier alpha value is -1.82. The smallest absolute Gasteiger partial charge is 0.0721 e. The Morgan fingerprint density at radius 2 is 1.11 bits per heavy atom. The third-order valence-corrected chi connectivity index (χ3v) is 3.37. The minimum absolute atomic E-state index is 0.959. The van der Waals surface area contributed by atoms with Crippen molar-refractivity contribution in [2.75, 3.05) is 0 Å². The molecule has 0 aliphatic heterocycles. The van der Waals surface area contributed by atoms with Gasteiger partial charge in [0.15, 0.2) is 0 Å². The van der Waals surface area contributed by atoms with Crippen molar-refractivity contribution in [1.82, 2.24) is 15.0 Å². The third kappa shape index (κ3) is 2.78. The highest BCUT2D eigenvalue weighted by Crippen LogP contribution is 2.24. The molecule has 0 aromatic carbocycles. The second kappa shape index (κ2) is 5.44. The fourth-order valence-electron chi connectivity index (χ4n) is 1.84. The first-order valence-electron chi connectivity index (χ1n) is 5.81. The molecule has 0 fully saturated rings. The van der Waals surface area contributed by atoms with E-state index in [4.69, 9.17) is 4.98 Å². The van der Waals surface area contributed by atoms with E-state index in [0.29, 0.717) is 0 Å². The first kappa shape index (κ1) is 12.2. The number of hydrogen-bond donors (Lipinski definition) is 0. The largest absolute Gasteiger partial charge is 0.265 e. The molecule has 0 aliphatic carbocycles. The Bertz CT molecular complexity index is 627. The summed E-state index contributed by atoms with van der Waals surface area (Å²) in [7, 11) is 0. The van der Waals surface area contributed by atoms with Crippen LogP contribution in [-0.2, 0) is 0 Å². The van der Waals surface area contributed by atoms with E-state index < -0.39 is 0 Å².